The number of nitro groups is 1. The predicted molar refractivity (Wildman–Crippen MR) is 54.8 cm³/mol. The van der Waals surface area contributed by atoms with Gasteiger partial charge in [0, 0.05) is 6.07 Å². The van der Waals surface area contributed by atoms with E-state index in [4.69, 9.17) is 0 Å². The molecule has 0 saturated carbocycles. The lowest BCUT2D eigenvalue weighted by atomic mass is 10.1. The Balaban J connectivity index is 2.99. The molecule has 0 unspecified atom stereocenters. The first kappa shape index (κ1) is 10.4. The van der Waals surface area contributed by atoms with Crippen molar-refractivity contribution >= 4 is 11.3 Å². The molecule has 0 fully saturated rings. The molecule has 0 aliphatic carbocycles. The van der Waals surface area contributed by atoms with Gasteiger partial charge in [0.1, 0.15) is 6.20 Å². The fourth-order valence-corrected chi connectivity index (χ4v) is 1.22. The number of hydrogen-bond donors (Lipinski definition) is 0. The van der Waals surface area contributed by atoms with Gasteiger partial charge in [-0.1, -0.05) is 13.0 Å². The summed E-state index contributed by atoms with van der Waals surface area (Å²) in [5, 5.41) is 10.4. The summed E-state index contributed by atoms with van der Waals surface area (Å²) in [5.74, 6) is 0. The zero-order valence-corrected chi connectivity index (χ0v) is 8.23. The summed E-state index contributed by atoms with van der Waals surface area (Å²) >= 11 is 0. The SMILES string of the molecule is C/C=C(\CC)c1ccc([N+](=O)[O-])cn1. The number of rotatable bonds is 3. The van der Waals surface area contributed by atoms with Gasteiger partial charge < -0.3 is 0 Å². The third kappa shape index (κ3) is 2.16. The van der Waals surface area contributed by atoms with E-state index in [0.29, 0.717) is 0 Å². The van der Waals surface area contributed by atoms with Crippen molar-refractivity contribution in [2.24, 2.45) is 0 Å². The maximum atomic E-state index is 10.4. The molecular weight excluding hydrogens is 180 g/mol. The zero-order valence-electron chi connectivity index (χ0n) is 8.23. The topological polar surface area (TPSA) is 56.0 Å². The van der Waals surface area contributed by atoms with Crippen LogP contribution in [0.25, 0.3) is 5.57 Å². The van der Waals surface area contributed by atoms with E-state index < -0.39 is 4.92 Å². The summed E-state index contributed by atoms with van der Waals surface area (Å²) in [6.07, 6.45) is 4.13. The molecule has 0 spiro atoms. The maximum absolute atomic E-state index is 10.4. The van der Waals surface area contributed by atoms with Crippen LogP contribution >= 0.6 is 0 Å². The van der Waals surface area contributed by atoms with Crippen molar-refractivity contribution in [3.8, 4) is 0 Å². The van der Waals surface area contributed by atoms with E-state index in [1.54, 1.807) is 6.07 Å². The second-order valence-electron chi connectivity index (χ2n) is 2.83. The maximum Gasteiger partial charge on any atom is 0.287 e. The van der Waals surface area contributed by atoms with E-state index in [2.05, 4.69) is 4.98 Å². The van der Waals surface area contributed by atoms with Gasteiger partial charge in [-0.25, -0.2) is 4.98 Å². The molecule has 0 saturated heterocycles. The Kier molecular flexibility index (Phi) is 3.34. The minimum absolute atomic E-state index is 0.0281. The monoisotopic (exact) mass is 192 g/mol. The summed E-state index contributed by atoms with van der Waals surface area (Å²) in [6, 6.07) is 3.15. The van der Waals surface area contributed by atoms with Crippen LogP contribution in [0.5, 0.6) is 0 Å². The van der Waals surface area contributed by atoms with Crippen molar-refractivity contribution in [3.63, 3.8) is 0 Å². The predicted octanol–water partition coefficient (Wildman–Crippen LogP) is 2.80. The first-order valence-corrected chi connectivity index (χ1v) is 4.45. The van der Waals surface area contributed by atoms with Crippen LogP contribution in [0.2, 0.25) is 0 Å². The van der Waals surface area contributed by atoms with Gasteiger partial charge in [-0.05, 0) is 25.0 Å². The van der Waals surface area contributed by atoms with Crippen LogP contribution in [0.1, 0.15) is 26.0 Å². The van der Waals surface area contributed by atoms with Gasteiger partial charge in [-0.15, -0.1) is 0 Å². The molecule has 0 bridgehead atoms. The molecule has 0 atom stereocenters. The largest absolute Gasteiger partial charge is 0.287 e. The summed E-state index contributed by atoms with van der Waals surface area (Å²) in [4.78, 5) is 14.0. The Bertz CT molecular complexity index is 355. The summed E-state index contributed by atoms with van der Waals surface area (Å²) in [6.45, 7) is 3.96. The van der Waals surface area contributed by atoms with E-state index in [-0.39, 0.29) is 5.69 Å². The van der Waals surface area contributed by atoms with Crippen LogP contribution in [0, 0.1) is 10.1 Å². The second kappa shape index (κ2) is 4.50. The highest BCUT2D eigenvalue weighted by Gasteiger charge is 2.06. The van der Waals surface area contributed by atoms with E-state index in [9.17, 15) is 10.1 Å². The molecule has 1 aromatic heterocycles. The van der Waals surface area contributed by atoms with Crippen molar-refractivity contribution < 1.29 is 4.92 Å². The van der Waals surface area contributed by atoms with Gasteiger partial charge in [-0.2, -0.15) is 0 Å². The number of allylic oxidation sites excluding steroid dienone is 2. The number of aromatic nitrogens is 1. The lowest BCUT2D eigenvalue weighted by molar-refractivity contribution is -0.385. The van der Waals surface area contributed by atoms with Gasteiger partial charge in [0.2, 0.25) is 0 Å². The highest BCUT2D eigenvalue weighted by atomic mass is 16.6. The number of nitrogens with zero attached hydrogens (tertiary/aromatic N) is 2. The van der Waals surface area contributed by atoms with Gasteiger partial charge in [0.05, 0.1) is 10.6 Å². The summed E-state index contributed by atoms with van der Waals surface area (Å²) < 4.78 is 0. The second-order valence-corrected chi connectivity index (χ2v) is 2.83. The van der Waals surface area contributed by atoms with Crippen LogP contribution in [-0.4, -0.2) is 9.91 Å². The number of hydrogen-bond acceptors (Lipinski definition) is 3. The van der Waals surface area contributed by atoms with Gasteiger partial charge in [0.15, 0.2) is 0 Å². The van der Waals surface area contributed by atoms with Gasteiger partial charge in [-0.3, -0.25) is 10.1 Å². The van der Waals surface area contributed by atoms with Crippen LogP contribution < -0.4 is 0 Å². The lowest BCUT2D eigenvalue weighted by Crippen LogP contribution is -1.92. The van der Waals surface area contributed by atoms with Crippen LogP contribution in [0.3, 0.4) is 0 Å². The third-order valence-electron chi connectivity index (χ3n) is 2.02. The van der Waals surface area contributed by atoms with Crippen molar-refractivity contribution in [1.29, 1.82) is 0 Å². The van der Waals surface area contributed by atoms with Gasteiger partial charge in [0.25, 0.3) is 5.69 Å². The smallest absolute Gasteiger partial charge is 0.258 e. The average molecular weight is 192 g/mol. The molecule has 0 aromatic carbocycles. The minimum Gasteiger partial charge on any atom is -0.258 e. The van der Waals surface area contributed by atoms with E-state index in [0.717, 1.165) is 17.7 Å². The molecule has 1 rings (SSSR count). The highest BCUT2D eigenvalue weighted by molar-refractivity contribution is 5.62. The van der Waals surface area contributed by atoms with Crippen LogP contribution in [-0.2, 0) is 0 Å². The normalized spacial score (nSPS) is 11.4. The fraction of sp³-hybridized carbons (Fsp3) is 0.300. The Hall–Kier alpha value is -1.71. The Morgan fingerprint density at radius 3 is 2.71 bits per heavy atom. The van der Waals surface area contributed by atoms with Crippen molar-refractivity contribution in [2.75, 3.05) is 0 Å². The fourth-order valence-electron chi connectivity index (χ4n) is 1.22. The minimum atomic E-state index is -0.446. The molecule has 74 valence electrons. The summed E-state index contributed by atoms with van der Waals surface area (Å²) in [7, 11) is 0. The highest BCUT2D eigenvalue weighted by Crippen LogP contribution is 2.17. The third-order valence-corrected chi connectivity index (χ3v) is 2.02. The average Bonchev–Trinajstić information content (AvgIpc) is 2.20. The number of pyridine rings is 1. The summed E-state index contributed by atoms with van der Waals surface area (Å²) in [5.41, 5.74) is 1.93. The first-order chi connectivity index (χ1) is 6.69. The molecule has 0 radical (unpaired) electrons. The molecule has 0 amide bonds. The Morgan fingerprint density at radius 1 is 1.64 bits per heavy atom. The Labute approximate surface area is 82.4 Å². The molecule has 0 aliphatic rings. The van der Waals surface area contributed by atoms with E-state index >= 15 is 0 Å². The molecule has 0 N–H and O–H groups in total. The van der Waals surface area contributed by atoms with E-state index in [1.807, 2.05) is 19.9 Å². The zero-order chi connectivity index (χ0) is 10.6. The van der Waals surface area contributed by atoms with Crippen molar-refractivity contribution in [3.05, 3.63) is 40.2 Å². The molecule has 1 aromatic rings. The first-order valence-electron chi connectivity index (χ1n) is 4.45. The standard InChI is InChI=1S/C10H12N2O2/c1-3-8(4-2)10-6-5-9(7-11-10)12(13)14/h3,5-7H,4H2,1-2H3/b8-3+. The Morgan fingerprint density at radius 2 is 2.36 bits per heavy atom. The van der Waals surface area contributed by atoms with Crippen LogP contribution in [0.15, 0.2) is 24.4 Å². The molecular formula is C10H12N2O2. The van der Waals surface area contributed by atoms with Crippen molar-refractivity contribution in [2.45, 2.75) is 20.3 Å². The van der Waals surface area contributed by atoms with Crippen molar-refractivity contribution in [1.82, 2.24) is 4.98 Å². The molecule has 14 heavy (non-hydrogen) atoms. The quantitative estimate of drug-likeness (QED) is 0.546. The molecule has 4 nitrogen and oxygen atoms in total. The lowest BCUT2D eigenvalue weighted by Gasteiger charge is -2.01. The molecule has 1 heterocycles. The molecule has 0 aliphatic heterocycles. The van der Waals surface area contributed by atoms with E-state index in [1.165, 1.54) is 12.3 Å². The van der Waals surface area contributed by atoms with Gasteiger partial charge >= 0.3 is 0 Å². The molecule has 4 heteroatoms. The van der Waals surface area contributed by atoms with Crippen LogP contribution in [0.4, 0.5) is 5.69 Å².